The Morgan fingerprint density at radius 2 is 1.90 bits per heavy atom. The summed E-state index contributed by atoms with van der Waals surface area (Å²) in [6, 6.07) is 13.0. The normalized spacial score (nSPS) is 12.4. The summed E-state index contributed by atoms with van der Waals surface area (Å²) in [4.78, 5) is 23.7. The Morgan fingerprint density at radius 3 is 2.72 bits per heavy atom. The van der Waals surface area contributed by atoms with Gasteiger partial charge in [0.25, 0.3) is 5.91 Å². The molecule has 7 heteroatoms. The highest BCUT2D eigenvalue weighted by molar-refractivity contribution is 5.89. The second kappa shape index (κ2) is 10.2. The van der Waals surface area contributed by atoms with Crippen molar-refractivity contribution in [2.45, 2.75) is 6.42 Å². The SMILES string of the molecule is COc1ccccc1/C=C\C(=O)OCC(=O)NCCc1ccc2c(c1)OCCO2. The number of rotatable bonds is 8. The zero-order valence-electron chi connectivity index (χ0n) is 16.2. The zero-order valence-corrected chi connectivity index (χ0v) is 16.2. The summed E-state index contributed by atoms with van der Waals surface area (Å²) in [6.45, 7) is 1.17. The molecule has 1 aliphatic rings. The third-order valence-corrected chi connectivity index (χ3v) is 4.23. The van der Waals surface area contributed by atoms with Crippen molar-refractivity contribution >= 4 is 18.0 Å². The zero-order chi connectivity index (χ0) is 20.5. The summed E-state index contributed by atoms with van der Waals surface area (Å²) in [7, 11) is 1.56. The number of esters is 1. The Labute approximate surface area is 169 Å². The minimum absolute atomic E-state index is 0.337. The van der Waals surface area contributed by atoms with Crippen LogP contribution in [0.3, 0.4) is 0 Å². The van der Waals surface area contributed by atoms with Gasteiger partial charge in [-0.2, -0.15) is 0 Å². The molecule has 7 nitrogen and oxygen atoms in total. The molecule has 152 valence electrons. The Morgan fingerprint density at radius 1 is 1.10 bits per heavy atom. The topological polar surface area (TPSA) is 83.1 Å². The van der Waals surface area contributed by atoms with Gasteiger partial charge < -0.3 is 24.3 Å². The van der Waals surface area contributed by atoms with E-state index in [0.717, 1.165) is 22.6 Å². The molecule has 0 saturated heterocycles. The number of hydrogen-bond acceptors (Lipinski definition) is 6. The van der Waals surface area contributed by atoms with Crippen molar-refractivity contribution in [3.8, 4) is 17.2 Å². The van der Waals surface area contributed by atoms with E-state index < -0.39 is 5.97 Å². The quantitative estimate of drug-likeness (QED) is 0.544. The molecule has 0 aromatic heterocycles. The van der Waals surface area contributed by atoms with E-state index in [1.807, 2.05) is 36.4 Å². The van der Waals surface area contributed by atoms with Crippen LogP contribution in [-0.4, -0.2) is 45.4 Å². The smallest absolute Gasteiger partial charge is 0.331 e. The number of carbonyl (C=O) groups is 2. The van der Waals surface area contributed by atoms with Gasteiger partial charge in [0.1, 0.15) is 19.0 Å². The van der Waals surface area contributed by atoms with E-state index in [4.69, 9.17) is 18.9 Å². The summed E-state index contributed by atoms with van der Waals surface area (Å²) in [5.41, 5.74) is 1.77. The summed E-state index contributed by atoms with van der Waals surface area (Å²) >= 11 is 0. The summed E-state index contributed by atoms with van der Waals surface area (Å²) in [5.74, 6) is 1.14. The van der Waals surface area contributed by atoms with Crippen LogP contribution >= 0.6 is 0 Å². The van der Waals surface area contributed by atoms with E-state index in [1.165, 1.54) is 6.08 Å². The van der Waals surface area contributed by atoms with Crippen molar-refractivity contribution in [3.63, 3.8) is 0 Å². The van der Waals surface area contributed by atoms with Gasteiger partial charge >= 0.3 is 5.97 Å². The second-order valence-corrected chi connectivity index (χ2v) is 6.26. The molecule has 0 saturated carbocycles. The van der Waals surface area contributed by atoms with Crippen molar-refractivity contribution in [1.29, 1.82) is 0 Å². The molecule has 0 aliphatic carbocycles. The first kappa shape index (κ1) is 20.3. The third-order valence-electron chi connectivity index (χ3n) is 4.23. The molecule has 0 unspecified atom stereocenters. The van der Waals surface area contributed by atoms with E-state index in [2.05, 4.69) is 5.32 Å². The highest BCUT2D eigenvalue weighted by Crippen LogP contribution is 2.30. The lowest BCUT2D eigenvalue weighted by Gasteiger charge is -2.18. The van der Waals surface area contributed by atoms with Gasteiger partial charge in [-0.3, -0.25) is 4.79 Å². The van der Waals surface area contributed by atoms with Crippen LogP contribution in [0.25, 0.3) is 6.08 Å². The second-order valence-electron chi connectivity index (χ2n) is 6.26. The average molecular weight is 397 g/mol. The van der Waals surface area contributed by atoms with Gasteiger partial charge in [0.2, 0.25) is 0 Å². The maximum atomic E-state index is 11.9. The number of benzene rings is 2. The molecule has 0 bridgehead atoms. The number of para-hydroxylation sites is 1. The van der Waals surface area contributed by atoms with Crippen LogP contribution in [0.15, 0.2) is 48.5 Å². The molecule has 0 fully saturated rings. The molecule has 0 atom stereocenters. The van der Waals surface area contributed by atoms with Crippen LogP contribution in [0.5, 0.6) is 17.2 Å². The van der Waals surface area contributed by atoms with Crippen molar-refractivity contribution in [3.05, 3.63) is 59.7 Å². The van der Waals surface area contributed by atoms with Gasteiger partial charge in [-0.05, 0) is 36.3 Å². The first-order valence-electron chi connectivity index (χ1n) is 9.29. The molecule has 1 heterocycles. The van der Waals surface area contributed by atoms with Crippen molar-refractivity contribution in [2.24, 2.45) is 0 Å². The molecule has 1 amide bonds. The van der Waals surface area contributed by atoms with Gasteiger partial charge in [-0.1, -0.05) is 24.3 Å². The predicted octanol–water partition coefficient (Wildman–Crippen LogP) is 2.38. The van der Waals surface area contributed by atoms with Crippen LogP contribution < -0.4 is 19.5 Å². The Balaban J connectivity index is 1.38. The monoisotopic (exact) mass is 397 g/mol. The number of fused-ring (bicyclic) bond motifs is 1. The molecule has 3 rings (SSSR count). The standard InChI is InChI=1S/C22H23NO6/c1-26-18-5-3-2-4-17(18)7-9-22(25)29-15-21(24)23-11-10-16-6-8-19-20(14-16)28-13-12-27-19/h2-9,14H,10-13,15H2,1H3,(H,23,24)/b9-7-. The van der Waals surface area contributed by atoms with Gasteiger partial charge in [-0.25, -0.2) is 4.79 Å². The lowest BCUT2D eigenvalue weighted by Crippen LogP contribution is -2.30. The summed E-state index contributed by atoms with van der Waals surface area (Å²) < 4.78 is 21.2. The highest BCUT2D eigenvalue weighted by Gasteiger charge is 2.12. The van der Waals surface area contributed by atoms with Gasteiger partial charge in [0.05, 0.1) is 7.11 Å². The maximum Gasteiger partial charge on any atom is 0.331 e. The fourth-order valence-corrected chi connectivity index (χ4v) is 2.79. The summed E-state index contributed by atoms with van der Waals surface area (Å²) in [6.07, 6.45) is 3.48. The van der Waals surface area contributed by atoms with Crippen molar-refractivity contribution < 1.29 is 28.5 Å². The lowest BCUT2D eigenvalue weighted by molar-refractivity contribution is -0.143. The molecule has 1 N–H and O–H groups in total. The Hall–Kier alpha value is -3.48. The molecular weight excluding hydrogens is 374 g/mol. The van der Waals surface area contributed by atoms with Crippen LogP contribution in [0.1, 0.15) is 11.1 Å². The predicted molar refractivity (Wildman–Crippen MR) is 107 cm³/mol. The Kier molecular flexibility index (Phi) is 7.10. The van der Waals surface area contributed by atoms with E-state index in [9.17, 15) is 9.59 Å². The van der Waals surface area contributed by atoms with E-state index >= 15 is 0 Å². The lowest BCUT2D eigenvalue weighted by atomic mass is 10.1. The van der Waals surface area contributed by atoms with E-state index in [1.54, 1.807) is 19.3 Å². The molecule has 1 aliphatic heterocycles. The minimum atomic E-state index is -0.599. The largest absolute Gasteiger partial charge is 0.496 e. The molecule has 29 heavy (non-hydrogen) atoms. The number of nitrogens with one attached hydrogen (secondary N) is 1. The van der Waals surface area contributed by atoms with Gasteiger partial charge in [0.15, 0.2) is 18.1 Å². The number of ether oxygens (including phenoxy) is 4. The minimum Gasteiger partial charge on any atom is -0.496 e. The molecule has 0 radical (unpaired) electrons. The van der Waals surface area contributed by atoms with Crippen molar-refractivity contribution in [2.75, 3.05) is 33.5 Å². The molecule has 2 aromatic carbocycles. The molecule has 2 aromatic rings. The highest BCUT2D eigenvalue weighted by atomic mass is 16.6. The fourth-order valence-electron chi connectivity index (χ4n) is 2.79. The van der Waals surface area contributed by atoms with Gasteiger partial charge in [-0.15, -0.1) is 0 Å². The van der Waals surface area contributed by atoms with E-state index in [0.29, 0.717) is 31.9 Å². The molecule has 0 spiro atoms. The van der Waals surface area contributed by atoms with Gasteiger partial charge in [0, 0.05) is 18.2 Å². The number of hydrogen-bond donors (Lipinski definition) is 1. The average Bonchev–Trinajstić information content (AvgIpc) is 2.76. The molecular formula is C22H23NO6. The Bertz CT molecular complexity index is 893. The van der Waals surface area contributed by atoms with E-state index in [-0.39, 0.29) is 12.5 Å². The van der Waals surface area contributed by atoms with Crippen molar-refractivity contribution in [1.82, 2.24) is 5.32 Å². The summed E-state index contributed by atoms with van der Waals surface area (Å²) in [5, 5.41) is 2.73. The van der Waals surface area contributed by atoms with Crippen LogP contribution in [0.4, 0.5) is 0 Å². The third kappa shape index (κ3) is 6.00. The number of methoxy groups -OCH3 is 1. The van der Waals surface area contributed by atoms with Crippen LogP contribution in [0, 0.1) is 0 Å². The van der Waals surface area contributed by atoms with Crippen LogP contribution in [0.2, 0.25) is 0 Å². The fraction of sp³-hybridized carbons (Fsp3) is 0.273. The first-order chi connectivity index (χ1) is 14.2. The number of amides is 1. The van der Waals surface area contributed by atoms with Crippen LogP contribution in [-0.2, 0) is 20.7 Å². The number of carbonyl (C=O) groups excluding carboxylic acids is 2. The maximum absolute atomic E-state index is 11.9. The first-order valence-corrected chi connectivity index (χ1v) is 9.29.